The van der Waals surface area contributed by atoms with Gasteiger partial charge >= 0.3 is 0 Å². The fourth-order valence-electron chi connectivity index (χ4n) is 2.62. The molecule has 5 nitrogen and oxygen atoms in total. The maximum Gasteiger partial charge on any atom is 0.243 e. The Hall–Kier alpha value is -1.11. The van der Waals surface area contributed by atoms with E-state index in [1.165, 1.54) is 4.31 Å². The van der Waals surface area contributed by atoms with Gasteiger partial charge < -0.3 is 10.1 Å². The first kappa shape index (κ1) is 12.9. The molecule has 6 heteroatoms. The summed E-state index contributed by atoms with van der Waals surface area (Å²) in [5.74, 6) is 0. The van der Waals surface area contributed by atoms with E-state index in [4.69, 9.17) is 4.74 Å². The first-order chi connectivity index (χ1) is 9.07. The minimum absolute atomic E-state index is 0.372. The van der Waals surface area contributed by atoms with Gasteiger partial charge in [-0.2, -0.15) is 4.31 Å². The van der Waals surface area contributed by atoms with Crippen LogP contribution in [0.2, 0.25) is 0 Å². The van der Waals surface area contributed by atoms with E-state index < -0.39 is 10.0 Å². The highest BCUT2D eigenvalue weighted by molar-refractivity contribution is 7.89. The van der Waals surface area contributed by atoms with Gasteiger partial charge in [-0.15, -0.1) is 0 Å². The molecule has 0 bridgehead atoms. The summed E-state index contributed by atoms with van der Waals surface area (Å²) in [6.45, 7) is 3.92. The van der Waals surface area contributed by atoms with Crippen molar-refractivity contribution in [2.45, 2.75) is 24.3 Å². The van der Waals surface area contributed by atoms with Gasteiger partial charge in [0.2, 0.25) is 10.0 Å². The number of hydrogen-bond acceptors (Lipinski definition) is 4. The van der Waals surface area contributed by atoms with Crippen molar-refractivity contribution in [3.8, 4) is 0 Å². The Labute approximate surface area is 113 Å². The summed E-state index contributed by atoms with van der Waals surface area (Å²) in [4.78, 5) is 0.393. The number of anilines is 1. The molecule has 0 unspecified atom stereocenters. The van der Waals surface area contributed by atoms with Gasteiger partial charge in [-0.25, -0.2) is 8.42 Å². The molecule has 19 heavy (non-hydrogen) atoms. The average Bonchev–Trinajstić information content (AvgIpc) is 2.78. The number of hydrogen-bond donors (Lipinski definition) is 1. The van der Waals surface area contributed by atoms with Crippen molar-refractivity contribution in [2.24, 2.45) is 0 Å². The summed E-state index contributed by atoms with van der Waals surface area (Å²) in [6.07, 6.45) is 0.877. The number of rotatable bonds is 2. The normalized spacial score (nSPS) is 23.9. The highest BCUT2D eigenvalue weighted by Crippen LogP contribution is 2.29. The standard InChI is InChI=1S/C13H18N2O3S/c1-10-8-11-9-12(2-3-13(11)14-10)19(16,17)15-4-6-18-7-5-15/h2-3,9-10,14H,4-8H2,1H3/t10-/m1/s1. The molecule has 2 aliphatic heterocycles. The molecule has 1 N–H and O–H groups in total. The maximum absolute atomic E-state index is 12.5. The van der Waals surface area contributed by atoms with E-state index in [0.29, 0.717) is 37.2 Å². The van der Waals surface area contributed by atoms with Crippen LogP contribution in [0, 0.1) is 0 Å². The number of sulfonamides is 1. The number of ether oxygens (including phenoxy) is 1. The third-order valence-electron chi connectivity index (χ3n) is 3.61. The van der Waals surface area contributed by atoms with Gasteiger partial charge in [0.15, 0.2) is 0 Å². The lowest BCUT2D eigenvalue weighted by Gasteiger charge is -2.26. The van der Waals surface area contributed by atoms with Crippen LogP contribution >= 0.6 is 0 Å². The van der Waals surface area contributed by atoms with Crippen LogP contribution in [0.5, 0.6) is 0 Å². The monoisotopic (exact) mass is 282 g/mol. The van der Waals surface area contributed by atoms with Gasteiger partial charge in [-0.05, 0) is 37.1 Å². The van der Waals surface area contributed by atoms with Crippen LogP contribution in [-0.2, 0) is 21.2 Å². The molecule has 104 valence electrons. The Kier molecular flexibility index (Phi) is 3.24. The fraction of sp³-hybridized carbons (Fsp3) is 0.538. The number of nitrogens with one attached hydrogen (secondary N) is 1. The molecule has 1 aromatic rings. The van der Waals surface area contributed by atoms with Crippen molar-refractivity contribution >= 4 is 15.7 Å². The predicted molar refractivity (Wildman–Crippen MR) is 72.8 cm³/mol. The van der Waals surface area contributed by atoms with E-state index >= 15 is 0 Å². The first-order valence-electron chi connectivity index (χ1n) is 6.55. The SMILES string of the molecule is C[C@@H]1Cc2cc(S(=O)(=O)N3CCOCC3)ccc2N1. The van der Waals surface area contributed by atoms with Crippen molar-refractivity contribution in [1.29, 1.82) is 0 Å². The quantitative estimate of drug-likeness (QED) is 0.881. The van der Waals surface area contributed by atoms with Gasteiger partial charge in [0, 0.05) is 24.8 Å². The Morgan fingerprint density at radius 1 is 1.32 bits per heavy atom. The largest absolute Gasteiger partial charge is 0.382 e. The molecule has 1 saturated heterocycles. The summed E-state index contributed by atoms with van der Waals surface area (Å²) >= 11 is 0. The van der Waals surface area contributed by atoms with Gasteiger partial charge in [0.05, 0.1) is 18.1 Å². The van der Waals surface area contributed by atoms with Crippen LogP contribution in [-0.4, -0.2) is 45.1 Å². The zero-order chi connectivity index (χ0) is 13.5. The Morgan fingerprint density at radius 2 is 2.05 bits per heavy atom. The van der Waals surface area contributed by atoms with Gasteiger partial charge in [-0.3, -0.25) is 0 Å². The highest BCUT2D eigenvalue weighted by Gasteiger charge is 2.28. The van der Waals surface area contributed by atoms with E-state index in [2.05, 4.69) is 12.2 Å². The molecule has 1 atom stereocenters. The third kappa shape index (κ3) is 2.35. The second-order valence-corrected chi connectivity index (χ2v) is 7.02. The lowest BCUT2D eigenvalue weighted by Crippen LogP contribution is -2.40. The van der Waals surface area contributed by atoms with Crippen molar-refractivity contribution < 1.29 is 13.2 Å². The molecule has 0 spiro atoms. The smallest absolute Gasteiger partial charge is 0.243 e. The van der Waals surface area contributed by atoms with E-state index in [-0.39, 0.29) is 0 Å². The van der Waals surface area contributed by atoms with Crippen molar-refractivity contribution in [1.82, 2.24) is 4.31 Å². The highest BCUT2D eigenvalue weighted by atomic mass is 32.2. The van der Waals surface area contributed by atoms with Crippen LogP contribution in [0.1, 0.15) is 12.5 Å². The van der Waals surface area contributed by atoms with Crippen LogP contribution < -0.4 is 5.32 Å². The van der Waals surface area contributed by atoms with Crippen LogP contribution in [0.25, 0.3) is 0 Å². The summed E-state index contributed by atoms with van der Waals surface area (Å²) in [5.41, 5.74) is 2.13. The average molecular weight is 282 g/mol. The van der Waals surface area contributed by atoms with Crippen LogP contribution in [0.4, 0.5) is 5.69 Å². The second kappa shape index (κ2) is 4.77. The van der Waals surface area contributed by atoms with Crippen LogP contribution in [0.3, 0.4) is 0 Å². The lowest BCUT2D eigenvalue weighted by atomic mass is 10.1. The van der Waals surface area contributed by atoms with Crippen molar-refractivity contribution in [3.63, 3.8) is 0 Å². The van der Waals surface area contributed by atoms with Crippen LogP contribution in [0.15, 0.2) is 23.1 Å². The Bertz CT molecular complexity index is 580. The summed E-state index contributed by atoms with van der Waals surface area (Å²) in [5, 5.41) is 3.33. The van der Waals surface area contributed by atoms with Gasteiger partial charge in [-0.1, -0.05) is 0 Å². The molecule has 3 rings (SSSR count). The Balaban J connectivity index is 1.91. The van der Waals surface area contributed by atoms with Crippen molar-refractivity contribution in [3.05, 3.63) is 23.8 Å². The van der Waals surface area contributed by atoms with E-state index in [9.17, 15) is 8.42 Å². The van der Waals surface area contributed by atoms with Gasteiger partial charge in [0.25, 0.3) is 0 Å². The maximum atomic E-state index is 12.5. The van der Waals surface area contributed by atoms with E-state index in [0.717, 1.165) is 17.7 Å². The molecule has 1 aromatic carbocycles. The molecular formula is C13H18N2O3S. The molecule has 2 aliphatic rings. The van der Waals surface area contributed by atoms with E-state index in [1.54, 1.807) is 12.1 Å². The number of nitrogens with zero attached hydrogens (tertiary/aromatic N) is 1. The molecule has 0 amide bonds. The number of benzene rings is 1. The fourth-order valence-corrected chi connectivity index (χ4v) is 4.08. The summed E-state index contributed by atoms with van der Waals surface area (Å²) in [7, 11) is -3.38. The Morgan fingerprint density at radius 3 is 2.79 bits per heavy atom. The molecular weight excluding hydrogens is 264 g/mol. The molecule has 0 aromatic heterocycles. The summed E-state index contributed by atoms with van der Waals surface area (Å²) in [6, 6.07) is 5.73. The predicted octanol–water partition coefficient (Wildman–Crippen LogP) is 1.06. The number of fused-ring (bicyclic) bond motifs is 1. The zero-order valence-corrected chi connectivity index (χ0v) is 11.7. The molecule has 0 aliphatic carbocycles. The minimum atomic E-state index is -3.38. The van der Waals surface area contributed by atoms with Gasteiger partial charge in [0.1, 0.15) is 0 Å². The molecule has 0 radical (unpaired) electrons. The number of morpholine rings is 1. The summed E-state index contributed by atoms with van der Waals surface area (Å²) < 4.78 is 31.7. The minimum Gasteiger partial charge on any atom is -0.382 e. The lowest BCUT2D eigenvalue weighted by molar-refractivity contribution is 0.0730. The molecule has 2 heterocycles. The zero-order valence-electron chi connectivity index (χ0n) is 10.9. The molecule has 0 saturated carbocycles. The first-order valence-corrected chi connectivity index (χ1v) is 7.99. The van der Waals surface area contributed by atoms with Crippen molar-refractivity contribution in [2.75, 3.05) is 31.6 Å². The molecule has 1 fully saturated rings. The second-order valence-electron chi connectivity index (χ2n) is 5.08. The van der Waals surface area contributed by atoms with E-state index in [1.807, 2.05) is 6.07 Å². The third-order valence-corrected chi connectivity index (χ3v) is 5.51. The topological polar surface area (TPSA) is 58.6 Å².